The standard InChI is InChI=1S/C20H21N5O3S/c1-20(2)14(9-21)17(27)24-18(15(20)10-22)29-11-16(26)23-13-7-5-12(6-8-13)19(28)25(3)4/h5-8,14H,11H2,1-4H3,(H,23,26)(H,24,27)/t14-/m1/s1. The molecule has 8 nitrogen and oxygen atoms in total. The predicted molar refractivity (Wildman–Crippen MR) is 109 cm³/mol. The number of allylic oxidation sites excluding steroid dienone is 1. The molecule has 2 rings (SSSR count). The van der Waals surface area contributed by atoms with Crippen molar-refractivity contribution < 1.29 is 14.4 Å². The normalized spacial score (nSPS) is 17.6. The lowest BCUT2D eigenvalue weighted by molar-refractivity contribution is -0.125. The van der Waals surface area contributed by atoms with E-state index in [1.807, 2.05) is 6.07 Å². The molecule has 1 atom stereocenters. The minimum absolute atomic E-state index is 0.0352. The Morgan fingerprint density at radius 2 is 1.86 bits per heavy atom. The molecule has 1 aromatic rings. The van der Waals surface area contributed by atoms with E-state index < -0.39 is 17.2 Å². The number of anilines is 1. The molecule has 1 aliphatic rings. The van der Waals surface area contributed by atoms with Gasteiger partial charge in [-0.1, -0.05) is 25.6 Å². The molecule has 0 aliphatic carbocycles. The highest BCUT2D eigenvalue weighted by atomic mass is 32.2. The fourth-order valence-electron chi connectivity index (χ4n) is 2.82. The SMILES string of the molecule is CN(C)C(=O)c1ccc(NC(=O)CSC2=C(C#N)C(C)(C)[C@H](C#N)C(=O)N2)cc1. The summed E-state index contributed by atoms with van der Waals surface area (Å²) >= 11 is 1.03. The van der Waals surface area contributed by atoms with Crippen molar-refractivity contribution >= 4 is 35.2 Å². The fraction of sp³-hybridized carbons (Fsp3) is 0.350. The number of rotatable bonds is 5. The van der Waals surface area contributed by atoms with E-state index in [2.05, 4.69) is 16.7 Å². The minimum Gasteiger partial charge on any atom is -0.345 e. The smallest absolute Gasteiger partial charge is 0.253 e. The number of benzene rings is 1. The van der Waals surface area contributed by atoms with Crippen molar-refractivity contribution in [3.8, 4) is 12.1 Å². The largest absolute Gasteiger partial charge is 0.345 e. The van der Waals surface area contributed by atoms with Crippen molar-refractivity contribution in [3.63, 3.8) is 0 Å². The summed E-state index contributed by atoms with van der Waals surface area (Å²) in [6.45, 7) is 3.32. The highest BCUT2D eigenvalue weighted by Crippen LogP contribution is 2.41. The van der Waals surface area contributed by atoms with E-state index in [-0.39, 0.29) is 28.2 Å². The van der Waals surface area contributed by atoms with Gasteiger partial charge in [0.2, 0.25) is 11.8 Å². The molecule has 0 radical (unpaired) electrons. The Morgan fingerprint density at radius 3 is 2.38 bits per heavy atom. The van der Waals surface area contributed by atoms with Crippen molar-refractivity contribution in [2.24, 2.45) is 11.3 Å². The van der Waals surface area contributed by atoms with Crippen LogP contribution in [-0.2, 0) is 9.59 Å². The summed E-state index contributed by atoms with van der Waals surface area (Å²) in [6, 6.07) is 10.5. The number of amides is 3. The van der Waals surface area contributed by atoms with Crippen LogP contribution in [-0.4, -0.2) is 42.5 Å². The number of hydrogen-bond acceptors (Lipinski definition) is 6. The van der Waals surface area contributed by atoms with Gasteiger partial charge < -0.3 is 15.5 Å². The van der Waals surface area contributed by atoms with Crippen LogP contribution in [0.25, 0.3) is 0 Å². The van der Waals surface area contributed by atoms with Gasteiger partial charge in [0.1, 0.15) is 5.92 Å². The Morgan fingerprint density at radius 1 is 1.24 bits per heavy atom. The molecule has 0 aromatic heterocycles. The van der Waals surface area contributed by atoms with Crippen LogP contribution in [0, 0.1) is 34.0 Å². The Bertz CT molecular complexity index is 952. The Balaban J connectivity index is 2.06. The van der Waals surface area contributed by atoms with Gasteiger partial charge in [-0.25, -0.2) is 0 Å². The number of nitrogens with zero attached hydrogens (tertiary/aromatic N) is 3. The second-order valence-electron chi connectivity index (χ2n) is 7.20. The summed E-state index contributed by atoms with van der Waals surface area (Å²) < 4.78 is 0. The van der Waals surface area contributed by atoms with E-state index in [9.17, 15) is 24.9 Å². The molecule has 0 saturated carbocycles. The van der Waals surface area contributed by atoms with Crippen LogP contribution in [0.3, 0.4) is 0 Å². The zero-order chi connectivity index (χ0) is 21.8. The quantitative estimate of drug-likeness (QED) is 0.764. The first-order valence-corrected chi connectivity index (χ1v) is 9.70. The van der Waals surface area contributed by atoms with Gasteiger partial charge in [0.05, 0.1) is 28.5 Å². The molecule has 1 aliphatic heterocycles. The molecule has 1 aromatic carbocycles. The van der Waals surface area contributed by atoms with Gasteiger partial charge in [0.25, 0.3) is 5.91 Å². The summed E-state index contributed by atoms with van der Waals surface area (Å²) in [5, 5.41) is 24.3. The maximum absolute atomic E-state index is 12.3. The maximum atomic E-state index is 12.3. The third kappa shape index (κ3) is 4.76. The van der Waals surface area contributed by atoms with Crippen molar-refractivity contribution in [1.82, 2.24) is 10.2 Å². The Hall–Kier alpha value is -3.30. The molecule has 0 bridgehead atoms. The van der Waals surface area contributed by atoms with Crippen LogP contribution < -0.4 is 10.6 Å². The zero-order valence-corrected chi connectivity index (χ0v) is 17.4. The second kappa shape index (κ2) is 8.80. The van der Waals surface area contributed by atoms with Crippen molar-refractivity contribution in [2.45, 2.75) is 13.8 Å². The van der Waals surface area contributed by atoms with Crippen LogP contribution in [0.15, 0.2) is 34.9 Å². The average molecular weight is 411 g/mol. The van der Waals surface area contributed by atoms with Crippen LogP contribution in [0.2, 0.25) is 0 Å². The third-order valence-corrected chi connectivity index (χ3v) is 5.50. The molecule has 1 heterocycles. The number of nitriles is 2. The number of nitrogens with one attached hydrogen (secondary N) is 2. The van der Waals surface area contributed by atoms with E-state index in [4.69, 9.17) is 0 Å². The van der Waals surface area contributed by atoms with E-state index >= 15 is 0 Å². The Labute approximate surface area is 173 Å². The van der Waals surface area contributed by atoms with Crippen molar-refractivity contribution in [1.29, 1.82) is 10.5 Å². The molecule has 0 saturated heterocycles. The first-order chi connectivity index (χ1) is 13.6. The van der Waals surface area contributed by atoms with Gasteiger partial charge >= 0.3 is 0 Å². The van der Waals surface area contributed by atoms with Crippen LogP contribution in [0.5, 0.6) is 0 Å². The average Bonchev–Trinajstić information content (AvgIpc) is 2.65. The lowest BCUT2D eigenvalue weighted by Gasteiger charge is -2.34. The van der Waals surface area contributed by atoms with Gasteiger partial charge in [0.15, 0.2) is 0 Å². The predicted octanol–water partition coefficient (Wildman–Crippen LogP) is 2.09. The summed E-state index contributed by atoms with van der Waals surface area (Å²) in [5.41, 5.74) is 0.357. The molecular formula is C20H21N5O3S. The highest BCUT2D eigenvalue weighted by molar-refractivity contribution is 8.03. The molecule has 29 heavy (non-hydrogen) atoms. The summed E-state index contributed by atoms with van der Waals surface area (Å²) in [4.78, 5) is 37.8. The molecular weight excluding hydrogens is 390 g/mol. The molecule has 0 spiro atoms. The Kier molecular flexibility index (Phi) is 6.68. The maximum Gasteiger partial charge on any atom is 0.253 e. The van der Waals surface area contributed by atoms with Crippen LogP contribution in [0.4, 0.5) is 5.69 Å². The molecule has 2 N–H and O–H groups in total. The van der Waals surface area contributed by atoms with Gasteiger partial charge in [-0.15, -0.1) is 0 Å². The van der Waals surface area contributed by atoms with Gasteiger partial charge in [-0.2, -0.15) is 10.5 Å². The zero-order valence-electron chi connectivity index (χ0n) is 16.6. The van der Waals surface area contributed by atoms with Crippen molar-refractivity contribution in [3.05, 3.63) is 40.4 Å². The fourth-order valence-corrected chi connectivity index (χ4v) is 3.80. The second-order valence-corrected chi connectivity index (χ2v) is 8.19. The number of carbonyl (C=O) groups is 3. The van der Waals surface area contributed by atoms with Crippen LogP contribution in [0.1, 0.15) is 24.2 Å². The lowest BCUT2D eigenvalue weighted by atomic mass is 9.72. The molecule has 0 unspecified atom stereocenters. The molecule has 3 amide bonds. The van der Waals surface area contributed by atoms with Gasteiger partial charge in [-0.3, -0.25) is 14.4 Å². The monoisotopic (exact) mass is 411 g/mol. The third-order valence-electron chi connectivity index (χ3n) is 4.50. The van der Waals surface area contributed by atoms with E-state index in [1.54, 1.807) is 52.2 Å². The van der Waals surface area contributed by atoms with E-state index in [0.717, 1.165) is 11.8 Å². The first kappa shape index (κ1) is 22.0. The lowest BCUT2D eigenvalue weighted by Crippen LogP contribution is -2.44. The van der Waals surface area contributed by atoms with E-state index in [1.165, 1.54) is 4.90 Å². The first-order valence-electron chi connectivity index (χ1n) is 8.71. The molecule has 150 valence electrons. The summed E-state index contributed by atoms with van der Waals surface area (Å²) in [7, 11) is 3.31. The molecule has 0 fully saturated rings. The van der Waals surface area contributed by atoms with Crippen molar-refractivity contribution in [2.75, 3.05) is 25.2 Å². The van der Waals surface area contributed by atoms with Gasteiger partial charge in [-0.05, 0) is 24.3 Å². The minimum atomic E-state index is -0.973. The number of hydrogen-bond donors (Lipinski definition) is 2. The topological polar surface area (TPSA) is 126 Å². The van der Waals surface area contributed by atoms with E-state index in [0.29, 0.717) is 11.3 Å². The number of thioether (sulfide) groups is 1. The van der Waals surface area contributed by atoms with Gasteiger partial charge in [0, 0.05) is 30.8 Å². The number of carbonyl (C=O) groups excluding carboxylic acids is 3. The summed E-state index contributed by atoms with van der Waals surface area (Å²) in [6.07, 6.45) is 0. The highest BCUT2D eigenvalue weighted by Gasteiger charge is 2.44. The summed E-state index contributed by atoms with van der Waals surface area (Å²) in [5.74, 6) is -1.96. The molecule has 9 heteroatoms. The van der Waals surface area contributed by atoms with Crippen LogP contribution >= 0.6 is 11.8 Å².